The molecule has 116 valence electrons. The molecule has 0 radical (unpaired) electrons. The highest BCUT2D eigenvalue weighted by Gasteiger charge is 2.14. The fourth-order valence-electron chi connectivity index (χ4n) is 2.07. The quantitative estimate of drug-likeness (QED) is 0.771. The van der Waals surface area contributed by atoms with Gasteiger partial charge in [0.2, 0.25) is 11.8 Å². The van der Waals surface area contributed by atoms with Gasteiger partial charge in [0, 0.05) is 12.5 Å². The zero-order valence-electron chi connectivity index (χ0n) is 12.6. The molecule has 0 saturated carbocycles. The lowest BCUT2D eigenvalue weighted by Crippen LogP contribution is -2.40. The van der Waals surface area contributed by atoms with Crippen LogP contribution in [0.3, 0.4) is 0 Å². The topological polar surface area (TPSA) is 58.2 Å². The number of halogens is 1. The van der Waals surface area contributed by atoms with Crippen LogP contribution < -0.4 is 10.6 Å². The molecule has 0 unspecified atom stereocenters. The van der Waals surface area contributed by atoms with Crippen molar-refractivity contribution in [1.82, 2.24) is 10.6 Å². The smallest absolute Gasteiger partial charge is 0.239 e. The first-order chi connectivity index (χ1) is 10.1. The molecule has 4 nitrogen and oxygen atoms in total. The van der Waals surface area contributed by atoms with Gasteiger partial charge < -0.3 is 10.6 Å². The lowest BCUT2D eigenvalue weighted by molar-refractivity contribution is -0.128. The van der Waals surface area contributed by atoms with Crippen LogP contribution in [0.25, 0.3) is 0 Å². The highest BCUT2D eigenvalue weighted by molar-refractivity contribution is 5.85. The van der Waals surface area contributed by atoms with Crippen molar-refractivity contribution in [3.05, 3.63) is 35.6 Å². The van der Waals surface area contributed by atoms with E-state index < -0.39 is 0 Å². The average Bonchev–Trinajstić information content (AvgIpc) is 2.48. The minimum atomic E-state index is -0.270. The molecule has 5 heteroatoms. The van der Waals surface area contributed by atoms with Gasteiger partial charge in [-0.3, -0.25) is 9.59 Å². The van der Waals surface area contributed by atoms with Crippen LogP contribution in [-0.4, -0.2) is 24.9 Å². The third-order valence-electron chi connectivity index (χ3n) is 3.45. The summed E-state index contributed by atoms with van der Waals surface area (Å²) in [6.07, 6.45) is 1.95. The summed E-state index contributed by atoms with van der Waals surface area (Å²) in [6, 6.07) is 6.48. The molecule has 0 aliphatic heterocycles. The van der Waals surface area contributed by atoms with Crippen LogP contribution in [-0.2, 0) is 16.0 Å². The predicted octanol–water partition coefficient (Wildman–Crippen LogP) is 2.04. The Morgan fingerprint density at radius 3 is 2.43 bits per heavy atom. The molecule has 0 heterocycles. The molecule has 21 heavy (non-hydrogen) atoms. The standard InChI is InChI=1S/C16H23FN2O2/c1-3-12(4-2)16(21)19-11-15(20)18-10-9-13-7-5-6-8-14(13)17/h5-8,12H,3-4,9-11H2,1-2H3,(H,18,20)(H,19,21). The average molecular weight is 294 g/mol. The van der Waals surface area contributed by atoms with Crippen molar-refractivity contribution in [3.8, 4) is 0 Å². The van der Waals surface area contributed by atoms with Crippen LogP contribution in [0.2, 0.25) is 0 Å². The molecule has 1 rings (SSSR count). The molecule has 0 spiro atoms. The number of rotatable bonds is 8. The monoisotopic (exact) mass is 294 g/mol. The van der Waals surface area contributed by atoms with Crippen molar-refractivity contribution in [2.75, 3.05) is 13.1 Å². The van der Waals surface area contributed by atoms with E-state index in [4.69, 9.17) is 0 Å². The Labute approximate surface area is 125 Å². The van der Waals surface area contributed by atoms with Gasteiger partial charge in [-0.15, -0.1) is 0 Å². The van der Waals surface area contributed by atoms with E-state index in [1.54, 1.807) is 18.2 Å². The van der Waals surface area contributed by atoms with E-state index in [2.05, 4.69) is 10.6 Å². The third kappa shape index (κ3) is 5.94. The van der Waals surface area contributed by atoms with E-state index in [0.29, 0.717) is 18.5 Å². The van der Waals surface area contributed by atoms with E-state index in [1.165, 1.54) is 6.07 Å². The number of benzene rings is 1. The highest BCUT2D eigenvalue weighted by atomic mass is 19.1. The SMILES string of the molecule is CCC(CC)C(=O)NCC(=O)NCCc1ccccc1F. The summed E-state index contributed by atoms with van der Waals surface area (Å²) in [7, 11) is 0. The van der Waals surface area contributed by atoms with E-state index in [1.807, 2.05) is 13.8 Å². The van der Waals surface area contributed by atoms with Crippen LogP contribution >= 0.6 is 0 Å². The Morgan fingerprint density at radius 1 is 1.14 bits per heavy atom. The highest BCUT2D eigenvalue weighted by Crippen LogP contribution is 2.07. The lowest BCUT2D eigenvalue weighted by Gasteiger charge is -2.12. The number of carbonyl (C=O) groups excluding carboxylic acids is 2. The Morgan fingerprint density at radius 2 is 1.81 bits per heavy atom. The van der Waals surface area contributed by atoms with Crippen molar-refractivity contribution in [2.24, 2.45) is 5.92 Å². The predicted molar refractivity (Wildman–Crippen MR) is 80.2 cm³/mol. The molecule has 0 atom stereocenters. The van der Waals surface area contributed by atoms with Gasteiger partial charge in [0.25, 0.3) is 0 Å². The van der Waals surface area contributed by atoms with E-state index in [-0.39, 0.29) is 30.1 Å². The van der Waals surface area contributed by atoms with E-state index in [9.17, 15) is 14.0 Å². The fourth-order valence-corrected chi connectivity index (χ4v) is 2.07. The van der Waals surface area contributed by atoms with Crippen LogP contribution in [0.5, 0.6) is 0 Å². The number of hydrogen-bond acceptors (Lipinski definition) is 2. The molecule has 0 saturated heterocycles. The molecular weight excluding hydrogens is 271 g/mol. The van der Waals surface area contributed by atoms with Crippen molar-refractivity contribution in [1.29, 1.82) is 0 Å². The zero-order valence-corrected chi connectivity index (χ0v) is 12.6. The van der Waals surface area contributed by atoms with Gasteiger partial charge in [-0.05, 0) is 30.9 Å². The molecule has 0 aromatic heterocycles. The number of nitrogens with one attached hydrogen (secondary N) is 2. The molecule has 0 aliphatic rings. The maximum absolute atomic E-state index is 13.4. The maximum atomic E-state index is 13.4. The summed E-state index contributed by atoms with van der Waals surface area (Å²) in [5.74, 6) is -0.667. The van der Waals surface area contributed by atoms with Crippen molar-refractivity contribution < 1.29 is 14.0 Å². The van der Waals surface area contributed by atoms with Crippen molar-refractivity contribution >= 4 is 11.8 Å². The number of amides is 2. The van der Waals surface area contributed by atoms with Crippen LogP contribution in [0.15, 0.2) is 24.3 Å². The largest absolute Gasteiger partial charge is 0.354 e. The minimum absolute atomic E-state index is 0.0351. The minimum Gasteiger partial charge on any atom is -0.354 e. The van der Waals surface area contributed by atoms with Crippen LogP contribution in [0, 0.1) is 11.7 Å². The van der Waals surface area contributed by atoms with Gasteiger partial charge in [-0.2, -0.15) is 0 Å². The Balaban J connectivity index is 2.26. The number of carbonyl (C=O) groups is 2. The van der Waals surface area contributed by atoms with Crippen LogP contribution in [0.4, 0.5) is 4.39 Å². The summed E-state index contributed by atoms with van der Waals surface area (Å²) in [5.41, 5.74) is 0.568. The van der Waals surface area contributed by atoms with E-state index >= 15 is 0 Å². The van der Waals surface area contributed by atoms with Gasteiger partial charge in [0.15, 0.2) is 0 Å². The lowest BCUT2D eigenvalue weighted by atomic mass is 10.0. The first kappa shape index (κ1) is 17.1. The maximum Gasteiger partial charge on any atom is 0.239 e. The Hall–Kier alpha value is -1.91. The van der Waals surface area contributed by atoms with Crippen molar-refractivity contribution in [2.45, 2.75) is 33.1 Å². The summed E-state index contributed by atoms with van der Waals surface area (Å²) in [4.78, 5) is 23.3. The normalized spacial score (nSPS) is 10.5. The zero-order chi connectivity index (χ0) is 15.7. The third-order valence-corrected chi connectivity index (χ3v) is 3.45. The van der Waals surface area contributed by atoms with Gasteiger partial charge in [0.1, 0.15) is 5.82 Å². The van der Waals surface area contributed by atoms with Gasteiger partial charge in [-0.1, -0.05) is 32.0 Å². The molecular formula is C16H23FN2O2. The molecule has 0 bridgehead atoms. The Kier molecular flexibility index (Phi) is 7.43. The summed E-state index contributed by atoms with van der Waals surface area (Å²) in [6.45, 7) is 4.21. The van der Waals surface area contributed by atoms with Crippen molar-refractivity contribution in [3.63, 3.8) is 0 Å². The van der Waals surface area contributed by atoms with Gasteiger partial charge in [-0.25, -0.2) is 4.39 Å². The molecule has 0 fully saturated rings. The summed E-state index contributed by atoms with van der Waals surface area (Å²) < 4.78 is 13.4. The second-order valence-corrected chi connectivity index (χ2v) is 4.92. The van der Waals surface area contributed by atoms with Gasteiger partial charge >= 0.3 is 0 Å². The first-order valence-corrected chi connectivity index (χ1v) is 7.36. The molecule has 1 aromatic carbocycles. The molecule has 2 N–H and O–H groups in total. The second-order valence-electron chi connectivity index (χ2n) is 4.92. The summed E-state index contributed by atoms with van der Waals surface area (Å²) in [5, 5.41) is 5.29. The van der Waals surface area contributed by atoms with E-state index in [0.717, 1.165) is 12.8 Å². The summed E-state index contributed by atoms with van der Waals surface area (Å²) >= 11 is 0. The molecule has 2 amide bonds. The Bertz CT molecular complexity index is 473. The second kappa shape index (κ2) is 9.10. The van der Waals surface area contributed by atoms with Crippen LogP contribution in [0.1, 0.15) is 32.3 Å². The molecule has 0 aliphatic carbocycles. The van der Waals surface area contributed by atoms with Gasteiger partial charge in [0.05, 0.1) is 6.54 Å². The number of hydrogen-bond donors (Lipinski definition) is 2. The first-order valence-electron chi connectivity index (χ1n) is 7.36. The fraction of sp³-hybridized carbons (Fsp3) is 0.500. The molecule has 1 aromatic rings.